The van der Waals surface area contributed by atoms with E-state index in [1.165, 1.54) is 23.1 Å². The van der Waals surface area contributed by atoms with E-state index in [4.69, 9.17) is 21.7 Å². The number of H-pyrrole nitrogens is 1. The summed E-state index contributed by atoms with van der Waals surface area (Å²) in [6, 6.07) is 6.61. The first-order valence-electron chi connectivity index (χ1n) is 8.48. The number of rotatable bonds is 5. The molecule has 0 saturated carbocycles. The summed E-state index contributed by atoms with van der Waals surface area (Å²) in [6.07, 6.45) is 0. The Balaban J connectivity index is 2.15. The second-order valence-corrected chi connectivity index (χ2v) is 8.72. The molecule has 0 saturated heterocycles. The van der Waals surface area contributed by atoms with Crippen LogP contribution in [0.1, 0.15) is 30.2 Å². The Morgan fingerprint density at radius 2 is 1.78 bits per heavy atom. The van der Waals surface area contributed by atoms with Gasteiger partial charge in [0, 0.05) is 10.8 Å². The standard InChI is InChI=1S/C18H19NO5S3/c1-3-23-16(21)12-11(9-5-7-10(20)8-6-9)13-15(19-18(25)27-13)26-14(12)17(22)24-4-2/h5-8,11-12,14,20H,3-4H2,1-2H3,(H,19,25). The lowest BCUT2D eigenvalue weighted by molar-refractivity contribution is -0.154. The Bertz CT molecular complexity index is 889. The highest BCUT2D eigenvalue weighted by atomic mass is 32.2. The van der Waals surface area contributed by atoms with Crippen molar-refractivity contribution in [3.05, 3.63) is 38.7 Å². The van der Waals surface area contributed by atoms with Crippen molar-refractivity contribution in [1.29, 1.82) is 0 Å². The minimum atomic E-state index is -0.757. The largest absolute Gasteiger partial charge is 0.508 e. The maximum atomic E-state index is 12.9. The van der Waals surface area contributed by atoms with E-state index in [1.807, 2.05) is 0 Å². The number of hydrogen-bond acceptors (Lipinski definition) is 8. The first-order valence-corrected chi connectivity index (χ1v) is 10.6. The highest BCUT2D eigenvalue weighted by Gasteiger charge is 2.48. The third kappa shape index (κ3) is 4.04. The molecule has 2 aromatic rings. The van der Waals surface area contributed by atoms with Crippen LogP contribution in [0.2, 0.25) is 0 Å². The average Bonchev–Trinajstić information content (AvgIpc) is 3.01. The summed E-state index contributed by atoms with van der Waals surface area (Å²) in [5, 5.41) is 9.65. The van der Waals surface area contributed by atoms with Crippen LogP contribution in [-0.2, 0) is 19.1 Å². The van der Waals surface area contributed by atoms with Crippen LogP contribution in [0.25, 0.3) is 0 Å². The minimum Gasteiger partial charge on any atom is -0.508 e. The average molecular weight is 426 g/mol. The highest BCUT2D eigenvalue weighted by molar-refractivity contribution is 8.00. The Kier molecular flexibility index (Phi) is 6.23. The summed E-state index contributed by atoms with van der Waals surface area (Å²) in [5.41, 5.74) is 0.798. The van der Waals surface area contributed by atoms with E-state index in [2.05, 4.69) is 4.98 Å². The SMILES string of the molecule is CCOC(=O)C1Sc2[nH]c(=S)sc2C(c2ccc(O)cc2)C1C(=O)OCC. The fraction of sp³-hybridized carbons (Fsp3) is 0.389. The Morgan fingerprint density at radius 1 is 1.15 bits per heavy atom. The maximum Gasteiger partial charge on any atom is 0.320 e. The van der Waals surface area contributed by atoms with Gasteiger partial charge in [0.2, 0.25) is 0 Å². The number of aromatic nitrogens is 1. The molecule has 1 aromatic heterocycles. The fourth-order valence-corrected chi connectivity index (χ4v) is 6.03. The predicted octanol–water partition coefficient (Wildman–Crippen LogP) is 3.86. The summed E-state index contributed by atoms with van der Waals surface area (Å²) >= 11 is 7.93. The summed E-state index contributed by atoms with van der Waals surface area (Å²) < 4.78 is 11.1. The third-order valence-electron chi connectivity index (χ3n) is 4.18. The van der Waals surface area contributed by atoms with Crippen molar-refractivity contribution in [3.63, 3.8) is 0 Å². The number of benzene rings is 1. The van der Waals surface area contributed by atoms with Gasteiger partial charge in [0.25, 0.3) is 0 Å². The van der Waals surface area contributed by atoms with Gasteiger partial charge in [-0.1, -0.05) is 23.9 Å². The molecule has 2 heterocycles. The number of carbonyl (C=O) groups excluding carboxylic acids is 2. The molecule has 2 N–H and O–H groups in total. The van der Waals surface area contributed by atoms with E-state index in [1.54, 1.807) is 38.1 Å². The number of aromatic hydroxyl groups is 1. The van der Waals surface area contributed by atoms with Crippen LogP contribution >= 0.6 is 35.3 Å². The van der Waals surface area contributed by atoms with Gasteiger partial charge in [-0.15, -0.1) is 11.3 Å². The zero-order valence-corrected chi connectivity index (χ0v) is 17.2. The lowest BCUT2D eigenvalue weighted by atomic mass is 9.82. The van der Waals surface area contributed by atoms with E-state index in [0.717, 1.165) is 15.5 Å². The molecule has 9 heteroatoms. The second-order valence-electron chi connectivity index (χ2n) is 5.85. The Hall–Kier alpha value is -1.84. The predicted molar refractivity (Wildman–Crippen MR) is 106 cm³/mol. The van der Waals surface area contributed by atoms with Gasteiger partial charge in [0.05, 0.1) is 24.2 Å². The monoisotopic (exact) mass is 425 g/mol. The van der Waals surface area contributed by atoms with Gasteiger partial charge >= 0.3 is 11.9 Å². The van der Waals surface area contributed by atoms with Crippen LogP contribution in [0.5, 0.6) is 5.75 Å². The lowest BCUT2D eigenvalue weighted by Crippen LogP contribution is -2.41. The van der Waals surface area contributed by atoms with Crippen LogP contribution in [0.15, 0.2) is 29.3 Å². The highest BCUT2D eigenvalue weighted by Crippen LogP contribution is 2.51. The number of phenols is 1. The topological polar surface area (TPSA) is 88.6 Å². The summed E-state index contributed by atoms with van der Waals surface area (Å²) in [5.74, 6) is -1.96. The number of phenolic OH excluding ortho intramolecular Hbond substituents is 1. The molecule has 3 unspecified atom stereocenters. The molecule has 0 amide bonds. The number of esters is 2. The van der Waals surface area contributed by atoms with Crippen molar-refractivity contribution in [2.45, 2.75) is 30.0 Å². The third-order valence-corrected chi connectivity index (χ3v) is 6.93. The molecule has 3 atom stereocenters. The van der Waals surface area contributed by atoms with Crippen molar-refractivity contribution >= 4 is 47.3 Å². The molecule has 0 spiro atoms. The molecular weight excluding hydrogens is 406 g/mol. The van der Waals surface area contributed by atoms with Gasteiger partial charge < -0.3 is 19.6 Å². The van der Waals surface area contributed by atoms with Gasteiger partial charge in [-0.05, 0) is 43.8 Å². The van der Waals surface area contributed by atoms with Crippen molar-refractivity contribution in [3.8, 4) is 5.75 Å². The van der Waals surface area contributed by atoms with Gasteiger partial charge in [-0.2, -0.15) is 0 Å². The van der Waals surface area contributed by atoms with E-state index < -0.39 is 29.0 Å². The molecule has 1 aliphatic rings. The fourth-order valence-electron chi connectivity index (χ4n) is 3.11. The quantitative estimate of drug-likeness (QED) is 0.555. The number of thioether (sulfide) groups is 1. The molecule has 144 valence electrons. The molecular formula is C18H19NO5S3. The van der Waals surface area contributed by atoms with Crippen molar-refractivity contribution in [2.24, 2.45) is 5.92 Å². The molecule has 0 aliphatic carbocycles. The maximum absolute atomic E-state index is 12.9. The zero-order valence-electron chi connectivity index (χ0n) is 14.8. The second kappa shape index (κ2) is 8.45. The van der Waals surface area contributed by atoms with Crippen LogP contribution in [0.3, 0.4) is 0 Å². The van der Waals surface area contributed by atoms with E-state index in [-0.39, 0.29) is 19.0 Å². The molecule has 1 aromatic carbocycles. The summed E-state index contributed by atoms with van der Waals surface area (Å²) in [6.45, 7) is 3.90. The van der Waals surface area contributed by atoms with E-state index in [9.17, 15) is 14.7 Å². The Labute approximate surface area is 169 Å². The first kappa shape index (κ1) is 19.9. The lowest BCUT2D eigenvalue weighted by Gasteiger charge is -2.34. The van der Waals surface area contributed by atoms with Crippen LogP contribution in [0.4, 0.5) is 0 Å². The molecule has 6 nitrogen and oxygen atoms in total. The van der Waals surface area contributed by atoms with Crippen LogP contribution in [0, 0.1) is 9.87 Å². The smallest absolute Gasteiger partial charge is 0.320 e. The number of carbonyl (C=O) groups is 2. The van der Waals surface area contributed by atoms with Crippen LogP contribution < -0.4 is 0 Å². The Morgan fingerprint density at radius 3 is 2.41 bits per heavy atom. The first-order chi connectivity index (χ1) is 13.0. The molecule has 0 bridgehead atoms. The van der Waals surface area contributed by atoms with Crippen molar-refractivity contribution in [2.75, 3.05) is 13.2 Å². The number of aromatic amines is 1. The molecule has 3 rings (SSSR count). The van der Waals surface area contributed by atoms with Crippen molar-refractivity contribution in [1.82, 2.24) is 4.98 Å². The number of thiazole rings is 1. The molecule has 27 heavy (non-hydrogen) atoms. The molecule has 1 aliphatic heterocycles. The van der Waals surface area contributed by atoms with E-state index >= 15 is 0 Å². The zero-order chi connectivity index (χ0) is 19.6. The normalized spacial score (nSPS) is 21.3. The number of fused-ring (bicyclic) bond motifs is 1. The van der Waals surface area contributed by atoms with Gasteiger partial charge in [-0.25, -0.2) is 0 Å². The van der Waals surface area contributed by atoms with Crippen molar-refractivity contribution < 1.29 is 24.2 Å². The van der Waals surface area contributed by atoms with Gasteiger partial charge in [0.1, 0.15) is 11.0 Å². The number of nitrogens with one attached hydrogen (secondary N) is 1. The number of ether oxygens (including phenoxy) is 2. The van der Waals surface area contributed by atoms with Gasteiger partial charge in [0.15, 0.2) is 3.95 Å². The molecule has 0 fully saturated rings. The number of hydrogen-bond donors (Lipinski definition) is 2. The summed E-state index contributed by atoms with van der Waals surface area (Å²) in [4.78, 5) is 29.5. The minimum absolute atomic E-state index is 0.125. The van der Waals surface area contributed by atoms with E-state index in [0.29, 0.717) is 3.95 Å². The molecule has 0 radical (unpaired) electrons. The van der Waals surface area contributed by atoms with Crippen LogP contribution in [-0.4, -0.2) is 40.5 Å². The summed E-state index contributed by atoms with van der Waals surface area (Å²) in [7, 11) is 0. The van der Waals surface area contributed by atoms with Gasteiger partial charge in [-0.3, -0.25) is 9.59 Å².